The summed E-state index contributed by atoms with van der Waals surface area (Å²) in [7, 11) is 0.626. The van der Waals surface area contributed by atoms with Crippen LogP contribution in [0.2, 0.25) is 0 Å². The van der Waals surface area contributed by atoms with Gasteiger partial charge in [0.05, 0.1) is 6.61 Å². The predicted molar refractivity (Wildman–Crippen MR) is 76.8 cm³/mol. The molecule has 1 rings (SSSR count). The summed E-state index contributed by atoms with van der Waals surface area (Å²) in [6, 6.07) is 7.11. The molecule has 1 aromatic rings. The van der Waals surface area contributed by atoms with Gasteiger partial charge in [-0.2, -0.15) is 0 Å². The molecule has 0 aliphatic carbocycles. The van der Waals surface area contributed by atoms with Gasteiger partial charge in [-0.15, -0.1) is 0 Å². The molecule has 0 spiro atoms. The monoisotopic (exact) mass is 285 g/mol. The molecule has 0 fully saturated rings. The Balaban J connectivity index is 3.04. The van der Waals surface area contributed by atoms with Crippen molar-refractivity contribution in [3.8, 4) is 0 Å². The molecule has 0 heterocycles. The number of carbonyl (C=O) groups excluding carboxylic acids is 1. The molecule has 0 radical (unpaired) electrons. The lowest BCUT2D eigenvalue weighted by molar-refractivity contribution is -0.118. The average Bonchev–Trinajstić information content (AvgIpc) is 2.39. The van der Waals surface area contributed by atoms with Crippen molar-refractivity contribution in [1.82, 2.24) is 5.43 Å². The van der Waals surface area contributed by atoms with Gasteiger partial charge in [0.25, 0.3) is 0 Å². The number of nitrogens with two attached hydrogens (primary N) is 1. The van der Waals surface area contributed by atoms with Crippen LogP contribution >= 0.6 is 7.37 Å². The zero-order valence-electron chi connectivity index (χ0n) is 11.4. The molecular weight excluding hydrogens is 265 g/mol. The van der Waals surface area contributed by atoms with E-state index in [4.69, 9.17) is 10.4 Å². The first-order chi connectivity index (χ1) is 8.92. The van der Waals surface area contributed by atoms with Crippen LogP contribution in [0.4, 0.5) is 5.69 Å². The largest absolute Gasteiger partial charge is 0.378 e. The first-order valence-corrected chi connectivity index (χ1v) is 7.75. The Morgan fingerprint density at radius 3 is 2.37 bits per heavy atom. The van der Waals surface area contributed by atoms with E-state index < -0.39 is 13.3 Å². The van der Waals surface area contributed by atoms with E-state index in [2.05, 4.69) is 0 Å². The normalized spacial score (nSPS) is 13.7. The molecule has 0 saturated carbocycles. The van der Waals surface area contributed by atoms with Gasteiger partial charge < -0.3 is 9.42 Å². The lowest BCUT2D eigenvalue weighted by atomic mass is 10.3. The van der Waals surface area contributed by atoms with Crippen molar-refractivity contribution in [1.29, 1.82) is 0 Å². The minimum Gasteiger partial charge on any atom is -0.378 e. The predicted octanol–water partition coefficient (Wildman–Crippen LogP) is 0.682. The molecule has 0 saturated heterocycles. The molecule has 106 valence electrons. The highest BCUT2D eigenvalue weighted by Gasteiger charge is 2.28. The maximum Gasteiger partial charge on any atom is 0.243 e. The highest BCUT2D eigenvalue weighted by molar-refractivity contribution is 7.67. The maximum atomic E-state index is 12.7. The van der Waals surface area contributed by atoms with Gasteiger partial charge in [0.1, 0.15) is 6.16 Å². The van der Waals surface area contributed by atoms with Gasteiger partial charge in [0.2, 0.25) is 13.3 Å². The number of hydrogen-bond donors (Lipinski definition) is 2. The summed E-state index contributed by atoms with van der Waals surface area (Å²) in [6.07, 6.45) is -0.251. The van der Waals surface area contributed by atoms with Crippen LogP contribution < -0.4 is 21.5 Å². The zero-order chi connectivity index (χ0) is 14.5. The molecule has 1 amide bonds. The van der Waals surface area contributed by atoms with Crippen LogP contribution in [0.3, 0.4) is 0 Å². The van der Waals surface area contributed by atoms with Crippen molar-refractivity contribution in [2.45, 2.75) is 6.92 Å². The van der Waals surface area contributed by atoms with Crippen LogP contribution in [0.15, 0.2) is 24.3 Å². The molecule has 19 heavy (non-hydrogen) atoms. The number of carbonyl (C=O) groups is 1. The summed E-state index contributed by atoms with van der Waals surface area (Å²) in [5, 5.41) is 0.517. The fraction of sp³-hybridized carbons (Fsp3) is 0.417. The first-order valence-electron chi connectivity index (χ1n) is 5.94. The molecule has 0 aromatic heterocycles. The molecule has 6 nitrogen and oxygen atoms in total. The molecule has 7 heteroatoms. The molecular formula is C12H20N3O3P. The number of anilines is 1. The van der Waals surface area contributed by atoms with E-state index in [0.29, 0.717) is 5.30 Å². The van der Waals surface area contributed by atoms with E-state index in [9.17, 15) is 9.36 Å². The zero-order valence-corrected chi connectivity index (χ0v) is 12.3. The fourth-order valence-electron chi connectivity index (χ4n) is 1.63. The van der Waals surface area contributed by atoms with E-state index in [1.54, 1.807) is 19.1 Å². The quantitative estimate of drug-likeness (QED) is 0.347. The summed E-state index contributed by atoms with van der Waals surface area (Å²) in [4.78, 5) is 13.3. The molecule has 1 atom stereocenters. The maximum absolute atomic E-state index is 12.7. The Kier molecular flexibility index (Phi) is 5.54. The van der Waals surface area contributed by atoms with E-state index in [1.165, 1.54) is 0 Å². The summed E-state index contributed by atoms with van der Waals surface area (Å²) in [6.45, 7) is 2.01. The van der Waals surface area contributed by atoms with E-state index >= 15 is 0 Å². The second kappa shape index (κ2) is 6.70. The number of hydrazine groups is 1. The lowest BCUT2D eigenvalue weighted by Gasteiger charge is -2.19. The van der Waals surface area contributed by atoms with Crippen molar-refractivity contribution < 1.29 is 13.9 Å². The number of nitrogens with zero attached hydrogens (tertiary/aromatic N) is 1. The Hall–Kier alpha value is -1.36. The average molecular weight is 285 g/mol. The van der Waals surface area contributed by atoms with Crippen molar-refractivity contribution >= 4 is 24.3 Å². The molecule has 0 bridgehead atoms. The highest BCUT2D eigenvalue weighted by Crippen LogP contribution is 2.45. The van der Waals surface area contributed by atoms with Gasteiger partial charge in [0.15, 0.2) is 0 Å². The van der Waals surface area contributed by atoms with Crippen LogP contribution in [-0.2, 0) is 13.9 Å². The second-order valence-electron chi connectivity index (χ2n) is 4.23. The molecule has 1 aromatic carbocycles. The van der Waals surface area contributed by atoms with Crippen molar-refractivity contribution in [2.24, 2.45) is 5.84 Å². The minimum absolute atomic E-state index is 0.251. The third-order valence-corrected chi connectivity index (χ3v) is 5.07. The number of amides is 1. The summed E-state index contributed by atoms with van der Waals surface area (Å²) < 4.78 is 18.0. The number of hydrogen-bond acceptors (Lipinski definition) is 5. The van der Waals surface area contributed by atoms with Gasteiger partial charge in [-0.1, -0.05) is 0 Å². The van der Waals surface area contributed by atoms with Crippen molar-refractivity contribution in [2.75, 3.05) is 31.8 Å². The Labute approximate surface area is 113 Å². The number of rotatable bonds is 6. The van der Waals surface area contributed by atoms with Gasteiger partial charge in [-0.25, -0.2) is 5.84 Å². The van der Waals surface area contributed by atoms with E-state index in [-0.39, 0.29) is 12.8 Å². The minimum atomic E-state index is -3.20. The van der Waals surface area contributed by atoms with Gasteiger partial charge in [-0.3, -0.25) is 14.8 Å². The molecule has 1 unspecified atom stereocenters. The number of benzene rings is 1. The molecule has 0 aliphatic heterocycles. The third-order valence-electron chi connectivity index (χ3n) is 2.61. The topological polar surface area (TPSA) is 84.7 Å². The van der Waals surface area contributed by atoms with Crippen LogP contribution in [0.5, 0.6) is 0 Å². The van der Waals surface area contributed by atoms with Crippen LogP contribution in [-0.4, -0.2) is 32.8 Å². The first kappa shape index (κ1) is 15.7. The fourth-order valence-corrected chi connectivity index (χ4v) is 3.55. The van der Waals surface area contributed by atoms with Crippen LogP contribution in [0.1, 0.15) is 6.92 Å². The third kappa shape index (κ3) is 4.06. The van der Waals surface area contributed by atoms with Gasteiger partial charge in [-0.05, 0) is 31.2 Å². The van der Waals surface area contributed by atoms with Gasteiger partial charge >= 0.3 is 0 Å². The standard InChI is InChI=1S/C12H20N3O3P/c1-4-18-19(17,9-12(16)14-13)11-7-5-10(6-8-11)15(2)3/h5-8H,4,9,13H2,1-3H3,(H,14,16). The summed E-state index contributed by atoms with van der Waals surface area (Å²) >= 11 is 0. The Morgan fingerprint density at radius 1 is 1.37 bits per heavy atom. The van der Waals surface area contributed by atoms with Gasteiger partial charge in [0, 0.05) is 25.1 Å². The summed E-state index contributed by atoms with van der Waals surface area (Å²) in [5.41, 5.74) is 2.96. The van der Waals surface area contributed by atoms with Crippen LogP contribution in [0.25, 0.3) is 0 Å². The van der Waals surface area contributed by atoms with Crippen molar-refractivity contribution in [3.05, 3.63) is 24.3 Å². The molecule has 3 N–H and O–H groups in total. The van der Waals surface area contributed by atoms with Crippen molar-refractivity contribution in [3.63, 3.8) is 0 Å². The van der Waals surface area contributed by atoms with E-state index in [1.807, 2.05) is 36.6 Å². The smallest absolute Gasteiger partial charge is 0.243 e. The highest BCUT2D eigenvalue weighted by atomic mass is 31.2. The lowest BCUT2D eigenvalue weighted by Crippen LogP contribution is -2.34. The SMILES string of the molecule is CCOP(=O)(CC(=O)NN)c1ccc(N(C)C)cc1. The number of nitrogens with one attached hydrogen (secondary N) is 1. The Morgan fingerprint density at radius 2 is 1.95 bits per heavy atom. The Bertz CT molecular complexity index is 474. The van der Waals surface area contributed by atoms with Crippen LogP contribution in [0, 0.1) is 0 Å². The molecule has 0 aliphatic rings. The summed E-state index contributed by atoms with van der Waals surface area (Å²) in [5.74, 6) is 4.53. The van der Waals surface area contributed by atoms with E-state index in [0.717, 1.165) is 5.69 Å². The second-order valence-corrected chi connectivity index (χ2v) is 6.67.